The topological polar surface area (TPSA) is 107 Å². The maximum Gasteiger partial charge on any atom is 0.283 e. The molecular weight excluding hydrogens is 528 g/mol. The molecule has 5 aromatic rings. The molecule has 0 aliphatic carbocycles. The predicted octanol–water partition coefficient (Wildman–Crippen LogP) is 5.45. The number of benzene rings is 3. The van der Waals surface area contributed by atoms with Crippen LogP contribution in [0.25, 0.3) is 27.8 Å². The second-order valence-electron chi connectivity index (χ2n) is 8.86. The Kier molecular flexibility index (Phi) is 7.79. The molecule has 0 atom stereocenters. The van der Waals surface area contributed by atoms with E-state index in [9.17, 15) is 9.59 Å². The minimum absolute atomic E-state index is 0.00554. The molecule has 2 aromatic heterocycles. The van der Waals surface area contributed by atoms with E-state index in [-0.39, 0.29) is 17.2 Å². The van der Waals surface area contributed by atoms with Crippen molar-refractivity contribution in [2.24, 2.45) is 0 Å². The zero-order valence-electron chi connectivity index (χ0n) is 22.5. The number of H-pyrrole nitrogens is 1. The van der Waals surface area contributed by atoms with Gasteiger partial charge in [0, 0.05) is 29.6 Å². The highest BCUT2D eigenvalue weighted by atomic mass is 32.2. The van der Waals surface area contributed by atoms with Crippen LogP contribution < -0.4 is 25.1 Å². The average Bonchev–Trinajstić information content (AvgIpc) is 3.41. The number of methoxy groups -OCH3 is 3. The van der Waals surface area contributed by atoms with Crippen molar-refractivity contribution in [2.75, 3.05) is 32.4 Å². The number of rotatable bonds is 9. The third-order valence-electron chi connectivity index (χ3n) is 6.39. The first kappa shape index (κ1) is 26.9. The molecule has 0 spiro atoms. The number of aryl methyl sites for hydroxylation is 1. The zero-order valence-corrected chi connectivity index (χ0v) is 23.3. The summed E-state index contributed by atoms with van der Waals surface area (Å²) in [7, 11) is 4.53. The van der Waals surface area contributed by atoms with Gasteiger partial charge in [0.1, 0.15) is 11.0 Å². The van der Waals surface area contributed by atoms with Crippen molar-refractivity contribution in [3.8, 4) is 34.1 Å². The molecule has 2 heterocycles. The van der Waals surface area contributed by atoms with E-state index in [1.54, 1.807) is 22.9 Å². The standard InChI is InChI=1S/C30H28N4O5S/c1-18-10-8-9-13-22(18)34-29(36)27-26(21(16-31-27)19-11-6-5-7-12-19)33-30(34)40-17-25(35)32-20-14-23(37-2)28(39-4)24(15-20)38-3/h5-16,31H,17H2,1-4H3,(H,32,35). The fourth-order valence-corrected chi connectivity index (χ4v) is 5.28. The lowest BCUT2D eigenvalue weighted by atomic mass is 10.1. The molecule has 0 bridgehead atoms. The van der Waals surface area contributed by atoms with Crippen molar-refractivity contribution in [3.63, 3.8) is 0 Å². The van der Waals surface area contributed by atoms with Gasteiger partial charge in [-0.25, -0.2) is 4.98 Å². The maximum absolute atomic E-state index is 13.8. The van der Waals surface area contributed by atoms with Crippen LogP contribution in [0.2, 0.25) is 0 Å². The third kappa shape index (κ3) is 5.13. The van der Waals surface area contributed by atoms with Crippen LogP contribution in [0.3, 0.4) is 0 Å². The van der Waals surface area contributed by atoms with E-state index in [2.05, 4.69) is 10.3 Å². The smallest absolute Gasteiger partial charge is 0.283 e. The summed E-state index contributed by atoms with van der Waals surface area (Å²) in [5.74, 6) is 0.989. The third-order valence-corrected chi connectivity index (χ3v) is 7.33. The highest BCUT2D eigenvalue weighted by Gasteiger charge is 2.20. The Morgan fingerprint density at radius 3 is 2.30 bits per heavy atom. The van der Waals surface area contributed by atoms with Crippen molar-refractivity contribution in [2.45, 2.75) is 12.1 Å². The van der Waals surface area contributed by atoms with Crippen molar-refractivity contribution in [1.29, 1.82) is 0 Å². The van der Waals surface area contributed by atoms with Gasteiger partial charge in [0.2, 0.25) is 11.7 Å². The Morgan fingerprint density at radius 2 is 1.65 bits per heavy atom. The maximum atomic E-state index is 13.8. The van der Waals surface area contributed by atoms with Crippen molar-refractivity contribution in [1.82, 2.24) is 14.5 Å². The number of nitrogens with one attached hydrogen (secondary N) is 2. The van der Waals surface area contributed by atoms with Crippen LogP contribution in [0.15, 0.2) is 82.9 Å². The number of fused-ring (bicyclic) bond motifs is 1. The van der Waals surface area contributed by atoms with Crippen LogP contribution in [-0.4, -0.2) is 47.5 Å². The number of carbonyl (C=O) groups excluding carboxylic acids is 1. The van der Waals surface area contributed by atoms with Gasteiger partial charge in [-0.15, -0.1) is 0 Å². The van der Waals surface area contributed by atoms with Gasteiger partial charge in [-0.3, -0.25) is 14.2 Å². The van der Waals surface area contributed by atoms with Gasteiger partial charge in [0.05, 0.1) is 32.8 Å². The van der Waals surface area contributed by atoms with E-state index in [1.807, 2.05) is 61.5 Å². The molecule has 10 heteroatoms. The molecule has 5 rings (SSSR count). The summed E-state index contributed by atoms with van der Waals surface area (Å²) in [6, 6.07) is 20.6. The summed E-state index contributed by atoms with van der Waals surface area (Å²) < 4.78 is 17.7. The van der Waals surface area contributed by atoms with Crippen LogP contribution in [0.4, 0.5) is 5.69 Å². The fraction of sp³-hybridized carbons (Fsp3) is 0.167. The highest BCUT2D eigenvalue weighted by Crippen LogP contribution is 2.40. The molecule has 0 saturated carbocycles. The number of nitrogens with zero attached hydrogens (tertiary/aromatic N) is 2. The number of thioether (sulfide) groups is 1. The van der Waals surface area contributed by atoms with Gasteiger partial charge < -0.3 is 24.5 Å². The number of carbonyl (C=O) groups is 1. The van der Waals surface area contributed by atoms with E-state index < -0.39 is 0 Å². The van der Waals surface area contributed by atoms with Gasteiger partial charge >= 0.3 is 0 Å². The zero-order chi connectivity index (χ0) is 28.2. The van der Waals surface area contributed by atoms with E-state index in [1.165, 1.54) is 33.1 Å². The number of hydrogen-bond donors (Lipinski definition) is 2. The molecule has 204 valence electrons. The van der Waals surface area contributed by atoms with Crippen molar-refractivity contribution < 1.29 is 19.0 Å². The lowest BCUT2D eigenvalue weighted by Gasteiger charge is -2.15. The number of aromatic amines is 1. The molecule has 0 aliphatic rings. The van der Waals surface area contributed by atoms with E-state index in [4.69, 9.17) is 19.2 Å². The molecule has 0 fully saturated rings. The molecule has 0 saturated heterocycles. The molecule has 9 nitrogen and oxygen atoms in total. The first-order chi connectivity index (χ1) is 19.4. The number of para-hydroxylation sites is 1. The Bertz CT molecular complexity index is 1720. The minimum Gasteiger partial charge on any atom is -0.493 e. The van der Waals surface area contributed by atoms with Crippen LogP contribution in [0.1, 0.15) is 5.56 Å². The summed E-state index contributed by atoms with van der Waals surface area (Å²) in [6.07, 6.45) is 1.79. The second kappa shape index (κ2) is 11.6. The average molecular weight is 557 g/mol. The van der Waals surface area contributed by atoms with E-state index >= 15 is 0 Å². The number of anilines is 1. The minimum atomic E-state index is -0.290. The molecule has 0 radical (unpaired) electrons. The Hall–Kier alpha value is -4.70. The number of ether oxygens (including phenoxy) is 3. The SMILES string of the molecule is COc1cc(NC(=O)CSc2nc3c(-c4ccccc4)c[nH]c3c(=O)n2-c2ccccc2C)cc(OC)c1OC. The van der Waals surface area contributed by atoms with Gasteiger partial charge in [0.25, 0.3) is 5.56 Å². The normalized spacial score (nSPS) is 10.9. The van der Waals surface area contributed by atoms with Crippen LogP contribution in [0.5, 0.6) is 17.2 Å². The largest absolute Gasteiger partial charge is 0.493 e. The molecular formula is C30H28N4O5S. The van der Waals surface area contributed by atoms with Gasteiger partial charge in [-0.2, -0.15) is 0 Å². The summed E-state index contributed by atoms with van der Waals surface area (Å²) >= 11 is 1.18. The highest BCUT2D eigenvalue weighted by molar-refractivity contribution is 7.99. The summed E-state index contributed by atoms with van der Waals surface area (Å²) in [5, 5.41) is 3.28. The molecule has 2 N–H and O–H groups in total. The van der Waals surface area contributed by atoms with E-state index in [0.29, 0.717) is 44.8 Å². The predicted molar refractivity (Wildman–Crippen MR) is 157 cm³/mol. The Morgan fingerprint density at radius 1 is 0.975 bits per heavy atom. The lowest BCUT2D eigenvalue weighted by molar-refractivity contribution is -0.113. The van der Waals surface area contributed by atoms with Gasteiger partial charge in [0.15, 0.2) is 16.7 Å². The second-order valence-corrected chi connectivity index (χ2v) is 9.81. The molecule has 0 aliphatic heterocycles. The van der Waals surface area contributed by atoms with Crippen molar-refractivity contribution in [3.05, 3.63) is 88.8 Å². The fourth-order valence-electron chi connectivity index (χ4n) is 4.48. The molecule has 1 amide bonds. The van der Waals surface area contributed by atoms with Crippen molar-refractivity contribution >= 4 is 34.4 Å². The number of hydrogen-bond acceptors (Lipinski definition) is 7. The summed E-state index contributed by atoms with van der Waals surface area (Å²) in [4.78, 5) is 34.9. The molecule has 3 aromatic carbocycles. The quantitative estimate of drug-likeness (QED) is 0.184. The van der Waals surface area contributed by atoms with Gasteiger partial charge in [-0.05, 0) is 24.1 Å². The lowest BCUT2D eigenvalue weighted by Crippen LogP contribution is -2.23. The van der Waals surface area contributed by atoms with Crippen LogP contribution >= 0.6 is 11.8 Å². The van der Waals surface area contributed by atoms with E-state index in [0.717, 1.165) is 16.7 Å². The summed E-state index contributed by atoms with van der Waals surface area (Å²) in [5.41, 5.74) is 4.54. The van der Waals surface area contributed by atoms with Crippen LogP contribution in [0, 0.1) is 6.92 Å². The monoisotopic (exact) mass is 556 g/mol. The first-order valence-corrected chi connectivity index (χ1v) is 13.4. The number of aromatic nitrogens is 3. The first-order valence-electron chi connectivity index (χ1n) is 12.4. The number of amides is 1. The summed E-state index contributed by atoms with van der Waals surface area (Å²) in [6.45, 7) is 1.93. The Balaban J connectivity index is 1.52. The molecule has 40 heavy (non-hydrogen) atoms. The van der Waals surface area contributed by atoms with Crippen LogP contribution in [-0.2, 0) is 4.79 Å². The molecule has 0 unspecified atom stereocenters. The Labute approximate surface area is 235 Å². The van der Waals surface area contributed by atoms with Gasteiger partial charge in [-0.1, -0.05) is 60.3 Å².